The summed E-state index contributed by atoms with van der Waals surface area (Å²) in [5, 5.41) is 5.76. The van der Waals surface area contributed by atoms with Crippen LogP contribution in [0.3, 0.4) is 0 Å². The molecule has 0 radical (unpaired) electrons. The molecule has 0 aliphatic heterocycles. The number of carbonyl (C=O) groups excluding carboxylic acids is 2. The number of hydrogen-bond acceptors (Lipinski definition) is 3. The Morgan fingerprint density at radius 2 is 1.66 bits per heavy atom. The summed E-state index contributed by atoms with van der Waals surface area (Å²) >= 11 is 0. The molecule has 0 saturated heterocycles. The van der Waals surface area contributed by atoms with Gasteiger partial charge in [-0.25, -0.2) is 0 Å². The Bertz CT molecular complexity index is 882. The SMILES string of the molecule is Cc1ccc(C(C)C)c(O[C@@H](C)C(=O)Nc2ccccc2C(=O)NC(C)(C)C)c1. The molecule has 2 N–H and O–H groups in total. The molecule has 0 heterocycles. The molecule has 1 atom stereocenters. The molecule has 2 aromatic rings. The third kappa shape index (κ3) is 6.34. The van der Waals surface area contributed by atoms with Crippen molar-refractivity contribution in [1.82, 2.24) is 5.32 Å². The Labute approximate surface area is 173 Å². The van der Waals surface area contributed by atoms with E-state index in [2.05, 4.69) is 24.5 Å². The summed E-state index contributed by atoms with van der Waals surface area (Å²) in [4.78, 5) is 25.4. The summed E-state index contributed by atoms with van der Waals surface area (Å²) in [6.45, 7) is 13.6. The number of benzene rings is 2. The van der Waals surface area contributed by atoms with Gasteiger partial charge in [-0.2, -0.15) is 0 Å². The van der Waals surface area contributed by atoms with Crippen molar-refractivity contribution in [3.8, 4) is 5.75 Å². The topological polar surface area (TPSA) is 67.4 Å². The van der Waals surface area contributed by atoms with E-state index in [4.69, 9.17) is 4.74 Å². The van der Waals surface area contributed by atoms with Gasteiger partial charge in [0.2, 0.25) is 0 Å². The number of hydrogen-bond donors (Lipinski definition) is 2. The van der Waals surface area contributed by atoms with E-state index in [9.17, 15) is 9.59 Å². The first-order chi connectivity index (χ1) is 13.5. The van der Waals surface area contributed by atoms with Gasteiger partial charge in [0.05, 0.1) is 11.3 Å². The van der Waals surface area contributed by atoms with Crippen LogP contribution in [0, 0.1) is 6.92 Å². The summed E-state index contributed by atoms with van der Waals surface area (Å²) in [5.74, 6) is 0.448. The first kappa shape index (κ1) is 22.5. The zero-order chi connectivity index (χ0) is 21.8. The normalized spacial score (nSPS) is 12.4. The summed E-state index contributed by atoms with van der Waals surface area (Å²) in [6, 6.07) is 13.0. The molecule has 2 rings (SSSR count). The summed E-state index contributed by atoms with van der Waals surface area (Å²) in [6.07, 6.45) is -0.715. The predicted octanol–water partition coefficient (Wildman–Crippen LogP) is 5.05. The number of rotatable bonds is 6. The van der Waals surface area contributed by atoms with Gasteiger partial charge in [-0.3, -0.25) is 9.59 Å². The number of carbonyl (C=O) groups is 2. The van der Waals surface area contributed by atoms with Crippen LogP contribution < -0.4 is 15.4 Å². The molecule has 156 valence electrons. The molecule has 0 unspecified atom stereocenters. The highest BCUT2D eigenvalue weighted by molar-refractivity contribution is 6.04. The van der Waals surface area contributed by atoms with Crippen molar-refractivity contribution in [3.05, 3.63) is 59.2 Å². The van der Waals surface area contributed by atoms with Crippen molar-refractivity contribution in [2.75, 3.05) is 5.32 Å². The minimum atomic E-state index is -0.715. The molecule has 0 saturated carbocycles. The Morgan fingerprint density at radius 1 is 1.00 bits per heavy atom. The van der Waals surface area contributed by atoms with Gasteiger partial charge in [0.1, 0.15) is 5.75 Å². The van der Waals surface area contributed by atoms with Gasteiger partial charge in [-0.05, 0) is 69.9 Å². The summed E-state index contributed by atoms with van der Waals surface area (Å²) < 4.78 is 5.99. The molecule has 0 aromatic heterocycles. The van der Waals surface area contributed by atoms with E-state index in [1.165, 1.54) is 0 Å². The molecule has 29 heavy (non-hydrogen) atoms. The third-order valence-electron chi connectivity index (χ3n) is 4.38. The van der Waals surface area contributed by atoms with Gasteiger partial charge in [0.15, 0.2) is 6.10 Å². The van der Waals surface area contributed by atoms with Crippen LogP contribution >= 0.6 is 0 Å². The first-order valence-corrected chi connectivity index (χ1v) is 9.97. The van der Waals surface area contributed by atoms with E-state index in [1.54, 1.807) is 31.2 Å². The lowest BCUT2D eigenvalue weighted by Gasteiger charge is -2.22. The Hall–Kier alpha value is -2.82. The lowest BCUT2D eigenvalue weighted by Crippen LogP contribution is -2.41. The fourth-order valence-electron chi connectivity index (χ4n) is 2.90. The van der Waals surface area contributed by atoms with E-state index in [0.29, 0.717) is 17.0 Å². The van der Waals surface area contributed by atoms with Crippen molar-refractivity contribution in [3.63, 3.8) is 0 Å². The molecule has 2 amide bonds. The van der Waals surface area contributed by atoms with Crippen molar-refractivity contribution in [2.24, 2.45) is 0 Å². The highest BCUT2D eigenvalue weighted by atomic mass is 16.5. The molecule has 5 heteroatoms. The standard InChI is InChI=1S/C24H32N2O3/c1-15(2)18-13-12-16(3)14-21(18)29-17(4)22(27)25-20-11-9-8-10-19(20)23(28)26-24(5,6)7/h8-15,17H,1-7H3,(H,25,27)(H,26,28)/t17-/m0/s1. The van der Waals surface area contributed by atoms with Gasteiger partial charge < -0.3 is 15.4 Å². The monoisotopic (exact) mass is 396 g/mol. The predicted molar refractivity (Wildman–Crippen MR) is 118 cm³/mol. The zero-order valence-corrected chi connectivity index (χ0v) is 18.4. The fraction of sp³-hybridized carbons (Fsp3) is 0.417. The van der Waals surface area contributed by atoms with Gasteiger partial charge in [-0.15, -0.1) is 0 Å². The molecular formula is C24H32N2O3. The average Bonchev–Trinajstić information content (AvgIpc) is 2.60. The molecule has 5 nitrogen and oxygen atoms in total. The minimum Gasteiger partial charge on any atom is -0.481 e. The van der Waals surface area contributed by atoms with Gasteiger partial charge >= 0.3 is 0 Å². The van der Waals surface area contributed by atoms with E-state index in [1.807, 2.05) is 45.9 Å². The van der Waals surface area contributed by atoms with Gasteiger partial charge in [0.25, 0.3) is 11.8 Å². The third-order valence-corrected chi connectivity index (χ3v) is 4.38. The van der Waals surface area contributed by atoms with Crippen molar-refractivity contribution < 1.29 is 14.3 Å². The second kappa shape index (κ2) is 9.12. The lowest BCUT2D eigenvalue weighted by molar-refractivity contribution is -0.122. The molecule has 0 fully saturated rings. The van der Waals surface area contributed by atoms with Crippen molar-refractivity contribution in [2.45, 2.75) is 66.0 Å². The van der Waals surface area contributed by atoms with Crippen molar-refractivity contribution in [1.29, 1.82) is 0 Å². The number of anilines is 1. The van der Waals surface area contributed by atoms with Crippen molar-refractivity contribution >= 4 is 17.5 Å². The fourth-order valence-corrected chi connectivity index (χ4v) is 2.90. The molecule has 0 aliphatic carbocycles. The molecule has 0 bridgehead atoms. The Kier molecular flexibility index (Phi) is 7.07. The smallest absolute Gasteiger partial charge is 0.265 e. The minimum absolute atomic E-state index is 0.234. The second-order valence-electron chi connectivity index (χ2n) is 8.70. The average molecular weight is 397 g/mol. The van der Waals surface area contributed by atoms with E-state index in [-0.39, 0.29) is 23.3 Å². The maximum atomic E-state index is 12.8. The molecule has 2 aromatic carbocycles. The Balaban J connectivity index is 2.17. The van der Waals surface area contributed by atoms with E-state index < -0.39 is 6.10 Å². The molecular weight excluding hydrogens is 364 g/mol. The van der Waals surface area contributed by atoms with E-state index in [0.717, 1.165) is 11.1 Å². The van der Waals surface area contributed by atoms with Crippen LogP contribution in [0.15, 0.2) is 42.5 Å². The maximum Gasteiger partial charge on any atom is 0.265 e. The highest BCUT2D eigenvalue weighted by Gasteiger charge is 2.22. The number of ether oxygens (including phenoxy) is 1. The van der Waals surface area contributed by atoms with Gasteiger partial charge in [-0.1, -0.05) is 38.1 Å². The highest BCUT2D eigenvalue weighted by Crippen LogP contribution is 2.28. The number of amides is 2. The second-order valence-corrected chi connectivity index (χ2v) is 8.70. The quantitative estimate of drug-likeness (QED) is 0.718. The van der Waals surface area contributed by atoms with E-state index >= 15 is 0 Å². The van der Waals surface area contributed by atoms with Crippen LogP contribution in [-0.4, -0.2) is 23.5 Å². The van der Waals surface area contributed by atoms with Crippen LogP contribution in [-0.2, 0) is 4.79 Å². The van der Waals surface area contributed by atoms with Crippen LogP contribution in [0.1, 0.15) is 68.9 Å². The molecule has 0 aliphatic rings. The van der Waals surface area contributed by atoms with Crippen LogP contribution in [0.4, 0.5) is 5.69 Å². The summed E-state index contributed by atoms with van der Waals surface area (Å²) in [7, 11) is 0. The Morgan fingerprint density at radius 3 is 2.28 bits per heavy atom. The zero-order valence-electron chi connectivity index (χ0n) is 18.4. The first-order valence-electron chi connectivity index (χ1n) is 9.97. The molecule has 0 spiro atoms. The summed E-state index contributed by atoms with van der Waals surface area (Å²) in [5.41, 5.74) is 2.63. The lowest BCUT2D eigenvalue weighted by atomic mass is 10.0. The van der Waals surface area contributed by atoms with Gasteiger partial charge in [0, 0.05) is 5.54 Å². The van der Waals surface area contributed by atoms with Crippen LogP contribution in [0.5, 0.6) is 5.75 Å². The largest absolute Gasteiger partial charge is 0.481 e. The maximum absolute atomic E-state index is 12.8. The number of nitrogens with one attached hydrogen (secondary N) is 2. The number of para-hydroxylation sites is 1. The van der Waals surface area contributed by atoms with Crippen LogP contribution in [0.25, 0.3) is 0 Å². The van der Waals surface area contributed by atoms with Crippen LogP contribution in [0.2, 0.25) is 0 Å². The number of aryl methyl sites for hydroxylation is 1.